The zero-order valence-corrected chi connectivity index (χ0v) is 14.3. The van der Waals surface area contributed by atoms with Crippen molar-refractivity contribution >= 4 is 11.9 Å². The fraction of sp³-hybridized carbons (Fsp3) is 0.867. The van der Waals surface area contributed by atoms with Gasteiger partial charge in [-0.2, -0.15) is 0 Å². The molecule has 0 bridgehead atoms. The second-order valence-electron chi connectivity index (χ2n) is 5.43. The second-order valence-corrected chi connectivity index (χ2v) is 5.43. The minimum absolute atomic E-state index is 0.0762. The second kappa shape index (κ2) is 7.22. The summed E-state index contributed by atoms with van der Waals surface area (Å²) in [6.45, 7) is 13.3. The molecule has 0 saturated heterocycles. The molecule has 0 rings (SSSR count). The van der Waals surface area contributed by atoms with E-state index in [0.717, 1.165) is 0 Å². The van der Waals surface area contributed by atoms with Crippen LogP contribution in [0.15, 0.2) is 0 Å². The van der Waals surface area contributed by atoms with Gasteiger partial charge in [0.2, 0.25) is 0 Å². The molecule has 0 fully saturated rings. The van der Waals surface area contributed by atoms with Gasteiger partial charge < -0.3 is 19.8 Å². The first-order chi connectivity index (χ1) is 9.75. The number of likely N-dealkylation sites (N-methyl/N-ethyl adjacent to an activating group) is 2. The molecule has 0 aromatic heterocycles. The van der Waals surface area contributed by atoms with Gasteiger partial charge in [-0.1, -0.05) is 0 Å². The van der Waals surface area contributed by atoms with Crippen LogP contribution in [0, 0.1) is 0 Å². The van der Waals surface area contributed by atoms with Crippen molar-refractivity contribution in [2.45, 2.75) is 47.2 Å². The largest absolute Gasteiger partial charge is 0.539 e. The predicted octanol–water partition coefficient (Wildman–Crippen LogP) is -1.06. The van der Waals surface area contributed by atoms with Gasteiger partial charge in [0.05, 0.1) is 39.3 Å². The molecule has 6 nitrogen and oxygen atoms in total. The third-order valence-corrected chi connectivity index (χ3v) is 5.57. The third-order valence-electron chi connectivity index (χ3n) is 5.57. The number of carboxylic acids is 2. The first kappa shape index (κ1) is 19.9. The summed E-state index contributed by atoms with van der Waals surface area (Å²) in [7, 11) is 0. The van der Waals surface area contributed by atoms with Crippen LogP contribution in [0.4, 0.5) is 0 Å². The van der Waals surface area contributed by atoms with E-state index in [1.165, 1.54) is 0 Å². The highest BCUT2D eigenvalue weighted by atomic mass is 16.4. The lowest BCUT2D eigenvalue weighted by Gasteiger charge is -2.60. The fourth-order valence-electron chi connectivity index (χ4n) is 4.02. The summed E-state index contributed by atoms with van der Waals surface area (Å²) < 4.78 is -0.152. The van der Waals surface area contributed by atoms with Crippen molar-refractivity contribution in [2.75, 3.05) is 39.3 Å². The Morgan fingerprint density at radius 1 is 0.667 bits per heavy atom. The molecule has 0 heterocycles. The first-order valence-electron chi connectivity index (χ1n) is 7.90. The Hall–Kier alpha value is -1.14. The predicted molar refractivity (Wildman–Crippen MR) is 76.5 cm³/mol. The molecular weight excluding hydrogens is 272 g/mol. The summed E-state index contributed by atoms with van der Waals surface area (Å²) in [6.07, 6.45) is 0. The van der Waals surface area contributed by atoms with Crippen molar-refractivity contribution in [3.8, 4) is 0 Å². The van der Waals surface area contributed by atoms with Crippen molar-refractivity contribution in [1.29, 1.82) is 0 Å². The van der Waals surface area contributed by atoms with Crippen molar-refractivity contribution < 1.29 is 28.8 Å². The Bertz CT molecular complexity index is 321. The molecule has 0 saturated carbocycles. The highest BCUT2D eigenvalue weighted by Crippen LogP contribution is 2.35. The Balaban J connectivity index is 6.79. The fourth-order valence-corrected chi connectivity index (χ4v) is 4.02. The van der Waals surface area contributed by atoms with Gasteiger partial charge in [0, 0.05) is 0 Å². The number of aliphatic carboxylic acids is 2. The minimum Gasteiger partial charge on any atom is -0.539 e. The number of hydrogen-bond acceptors (Lipinski definition) is 4. The molecule has 0 radical (unpaired) electrons. The number of carbonyl (C=O) groups excluding carboxylic acids is 2. The monoisotopic (exact) mass is 302 g/mol. The summed E-state index contributed by atoms with van der Waals surface area (Å²) in [5.74, 6) is -3.09. The van der Waals surface area contributed by atoms with Crippen molar-refractivity contribution in [2.24, 2.45) is 0 Å². The highest BCUT2D eigenvalue weighted by molar-refractivity contribution is 5.97. The maximum absolute atomic E-state index is 12.1. The van der Waals surface area contributed by atoms with E-state index in [1.54, 1.807) is 0 Å². The van der Waals surface area contributed by atoms with E-state index in [1.807, 2.05) is 41.5 Å². The Kier molecular flexibility index (Phi) is 6.83. The summed E-state index contributed by atoms with van der Waals surface area (Å²) in [6, 6.07) is 0. The number of quaternary nitrogens is 2. The van der Waals surface area contributed by atoms with Gasteiger partial charge in [0.1, 0.15) is 0 Å². The van der Waals surface area contributed by atoms with E-state index in [0.29, 0.717) is 39.3 Å². The van der Waals surface area contributed by atoms with Crippen molar-refractivity contribution in [3.63, 3.8) is 0 Å². The van der Waals surface area contributed by atoms with Gasteiger partial charge in [-0.15, -0.1) is 0 Å². The zero-order valence-electron chi connectivity index (χ0n) is 14.3. The normalized spacial score (nSPS) is 13.2. The molecule has 0 atom stereocenters. The van der Waals surface area contributed by atoms with Gasteiger partial charge in [0.15, 0.2) is 11.9 Å². The number of carbonyl (C=O) groups is 2. The molecule has 0 aliphatic rings. The van der Waals surface area contributed by atoms with Crippen LogP contribution in [0.2, 0.25) is 0 Å². The smallest absolute Gasteiger partial charge is 0.308 e. The van der Waals surface area contributed by atoms with Gasteiger partial charge in [-0.25, -0.2) is 0 Å². The average Bonchev–Trinajstić information content (AvgIpc) is 2.48. The van der Waals surface area contributed by atoms with Crippen molar-refractivity contribution in [1.82, 2.24) is 0 Å². The Morgan fingerprint density at radius 3 is 0.952 bits per heavy atom. The van der Waals surface area contributed by atoms with E-state index >= 15 is 0 Å². The minimum atomic E-state index is -2.09. The molecule has 0 amide bonds. The number of nitrogens with zero attached hydrogens (tertiary/aromatic N) is 2. The van der Waals surface area contributed by atoms with Crippen LogP contribution in [-0.2, 0) is 9.59 Å². The molecule has 0 aromatic carbocycles. The highest BCUT2D eigenvalue weighted by Gasteiger charge is 2.64. The Labute approximate surface area is 128 Å². The van der Waals surface area contributed by atoms with Gasteiger partial charge in [-0.3, -0.25) is 8.97 Å². The van der Waals surface area contributed by atoms with E-state index in [4.69, 9.17) is 0 Å². The van der Waals surface area contributed by atoms with Crippen molar-refractivity contribution in [3.05, 3.63) is 0 Å². The number of carboxylic acid groups (broad SMARTS) is 2. The van der Waals surface area contributed by atoms with E-state index in [2.05, 4.69) is 0 Å². The van der Waals surface area contributed by atoms with Crippen LogP contribution in [0.5, 0.6) is 0 Å². The lowest BCUT2D eigenvalue weighted by molar-refractivity contribution is -1.14. The maximum atomic E-state index is 12.1. The molecule has 0 N–H and O–H groups in total. The molecule has 124 valence electrons. The molecule has 0 spiro atoms. The van der Waals surface area contributed by atoms with Crippen LogP contribution < -0.4 is 10.2 Å². The molecule has 0 aliphatic carbocycles. The molecule has 0 aromatic rings. The van der Waals surface area contributed by atoms with Gasteiger partial charge in [-0.05, 0) is 41.5 Å². The lowest BCUT2D eigenvalue weighted by atomic mass is 9.96. The standard InChI is InChI=1S/C15H30N2O4/c1-7-16(8-2,9-3)15(13(18)19,14(20)21)17(10-4,11-5)12-6/h7-12H2,1-6H3. The zero-order chi connectivity index (χ0) is 16.9. The molecule has 21 heavy (non-hydrogen) atoms. The molecule has 6 heteroatoms. The van der Waals surface area contributed by atoms with E-state index in [9.17, 15) is 19.8 Å². The van der Waals surface area contributed by atoms with Gasteiger partial charge in [0.25, 0.3) is 0 Å². The number of hydrogen-bond donors (Lipinski definition) is 0. The van der Waals surface area contributed by atoms with Crippen LogP contribution in [-0.4, -0.2) is 65.8 Å². The SMILES string of the molecule is CC[N+](CC)(CC)C(C(=O)[O-])(C(=O)[O-])[N+](CC)(CC)CC. The quantitative estimate of drug-likeness (QED) is 0.292. The molecule has 0 aliphatic heterocycles. The summed E-state index contributed by atoms with van der Waals surface area (Å²) in [5.41, 5.74) is -2.09. The average molecular weight is 302 g/mol. The van der Waals surface area contributed by atoms with Crippen LogP contribution in [0.3, 0.4) is 0 Å². The number of rotatable bonds is 10. The van der Waals surface area contributed by atoms with Crippen LogP contribution in [0.1, 0.15) is 41.5 Å². The van der Waals surface area contributed by atoms with Crippen LogP contribution >= 0.6 is 0 Å². The lowest BCUT2D eigenvalue weighted by Crippen LogP contribution is -2.89. The first-order valence-corrected chi connectivity index (χ1v) is 7.90. The van der Waals surface area contributed by atoms with E-state index < -0.39 is 17.6 Å². The third kappa shape index (κ3) is 2.44. The topological polar surface area (TPSA) is 80.3 Å². The summed E-state index contributed by atoms with van der Waals surface area (Å²) >= 11 is 0. The molecule has 0 unspecified atom stereocenters. The van der Waals surface area contributed by atoms with Gasteiger partial charge >= 0.3 is 5.66 Å². The summed E-state index contributed by atoms with van der Waals surface area (Å²) in [5, 5.41) is 24.3. The Morgan fingerprint density at radius 2 is 0.857 bits per heavy atom. The maximum Gasteiger partial charge on any atom is 0.308 e. The summed E-state index contributed by atoms with van der Waals surface area (Å²) in [4.78, 5) is 24.3. The van der Waals surface area contributed by atoms with Crippen LogP contribution in [0.25, 0.3) is 0 Å². The van der Waals surface area contributed by atoms with E-state index in [-0.39, 0.29) is 8.97 Å². The molecular formula is C15H30N2O4.